The summed E-state index contributed by atoms with van der Waals surface area (Å²) in [5.74, 6) is 3.63. The summed E-state index contributed by atoms with van der Waals surface area (Å²) in [6, 6.07) is 9.16. The van der Waals surface area contributed by atoms with Crippen LogP contribution >= 0.6 is 11.8 Å². The summed E-state index contributed by atoms with van der Waals surface area (Å²) >= 11 is 2.17. The van der Waals surface area contributed by atoms with E-state index in [1.54, 1.807) is 0 Å². The zero-order chi connectivity index (χ0) is 16.4. The Kier molecular flexibility index (Phi) is 3.67. The molecule has 1 heterocycles. The van der Waals surface area contributed by atoms with Crippen LogP contribution in [0.1, 0.15) is 50.7 Å². The van der Waals surface area contributed by atoms with Gasteiger partial charge in [-0.05, 0) is 65.6 Å². The van der Waals surface area contributed by atoms with Crippen LogP contribution in [0.15, 0.2) is 24.3 Å². The standard InChI is InChI=1S/C21H30OS/c1-13-5-7-14(8-6-13)17-15(11-22)12-23-19-18(17)16-9-10-21(19,4)20(16,2)3/h5-8,15-19,22H,9-12H2,1-4H3/t15-,16+,17+,18?,19?,21-/m0/s1. The first-order valence-corrected chi connectivity index (χ1v) is 10.2. The molecule has 0 spiro atoms. The number of fused-ring (bicyclic) bond motifs is 5. The monoisotopic (exact) mass is 330 g/mol. The summed E-state index contributed by atoms with van der Waals surface area (Å²) in [7, 11) is 0. The summed E-state index contributed by atoms with van der Waals surface area (Å²) in [5, 5.41) is 10.8. The maximum Gasteiger partial charge on any atom is 0.0473 e. The Morgan fingerprint density at radius 3 is 2.52 bits per heavy atom. The van der Waals surface area contributed by atoms with E-state index in [2.05, 4.69) is 63.7 Å². The van der Waals surface area contributed by atoms with Gasteiger partial charge in [0, 0.05) is 11.9 Å². The minimum absolute atomic E-state index is 0.332. The molecular formula is C21H30OS. The minimum Gasteiger partial charge on any atom is -0.396 e. The molecule has 1 saturated heterocycles. The molecular weight excluding hydrogens is 300 g/mol. The highest BCUT2D eigenvalue weighted by Gasteiger charge is 2.68. The molecule has 2 saturated carbocycles. The molecule has 2 aliphatic carbocycles. The van der Waals surface area contributed by atoms with Gasteiger partial charge in [0.15, 0.2) is 0 Å². The largest absolute Gasteiger partial charge is 0.396 e. The molecule has 0 aromatic heterocycles. The van der Waals surface area contributed by atoms with Crippen LogP contribution in [0.2, 0.25) is 0 Å². The van der Waals surface area contributed by atoms with E-state index in [0.717, 1.165) is 22.8 Å². The molecule has 1 aromatic carbocycles. The molecule has 2 heteroatoms. The Hall–Kier alpha value is -0.470. The van der Waals surface area contributed by atoms with E-state index >= 15 is 0 Å². The molecule has 1 aromatic rings. The lowest BCUT2D eigenvalue weighted by molar-refractivity contribution is 0.145. The summed E-state index contributed by atoms with van der Waals surface area (Å²) in [4.78, 5) is 0. The second-order valence-corrected chi connectivity index (χ2v) is 10.2. The molecule has 6 atom stereocenters. The van der Waals surface area contributed by atoms with Crippen molar-refractivity contribution in [1.82, 2.24) is 0 Å². The Morgan fingerprint density at radius 1 is 1.17 bits per heavy atom. The van der Waals surface area contributed by atoms with E-state index in [1.807, 2.05) is 0 Å². The first-order valence-electron chi connectivity index (χ1n) is 9.19. The van der Waals surface area contributed by atoms with Gasteiger partial charge in [0.25, 0.3) is 0 Å². The van der Waals surface area contributed by atoms with Gasteiger partial charge in [0.2, 0.25) is 0 Å². The molecule has 2 bridgehead atoms. The molecule has 2 unspecified atom stereocenters. The van der Waals surface area contributed by atoms with Gasteiger partial charge in [-0.25, -0.2) is 0 Å². The van der Waals surface area contributed by atoms with Crippen LogP contribution in [-0.2, 0) is 0 Å². The summed E-state index contributed by atoms with van der Waals surface area (Å²) in [6.45, 7) is 10.1. The predicted octanol–water partition coefficient (Wildman–Crippen LogP) is 4.87. The number of hydrogen-bond donors (Lipinski definition) is 1. The van der Waals surface area contributed by atoms with Crippen LogP contribution in [0.4, 0.5) is 0 Å². The van der Waals surface area contributed by atoms with Crippen molar-refractivity contribution in [3.05, 3.63) is 35.4 Å². The third-order valence-electron chi connectivity index (χ3n) is 7.92. The Balaban J connectivity index is 1.78. The van der Waals surface area contributed by atoms with E-state index in [4.69, 9.17) is 0 Å². The average Bonchev–Trinajstić information content (AvgIpc) is 2.87. The third-order valence-corrected chi connectivity index (χ3v) is 9.74. The smallest absolute Gasteiger partial charge is 0.0473 e. The molecule has 126 valence electrons. The highest BCUT2D eigenvalue weighted by Crippen LogP contribution is 2.74. The summed E-state index contributed by atoms with van der Waals surface area (Å²) < 4.78 is 0. The molecule has 3 fully saturated rings. The van der Waals surface area contributed by atoms with Crippen molar-refractivity contribution in [2.75, 3.05) is 12.4 Å². The van der Waals surface area contributed by atoms with Gasteiger partial charge in [-0.1, -0.05) is 50.6 Å². The lowest BCUT2D eigenvalue weighted by atomic mass is 9.68. The van der Waals surface area contributed by atoms with Gasteiger partial charge in [-0.2, -0.15) is 11.8 Å². The highest BCUT2D eigenvalue weighted by molar-refractivity contribution is 8.00. The van der Waals surface area contributed by atoms with Crippen molar-refractivity contribution < 1.29 is 5.11 Å². The molecule has 3 aliphatic rings. The van der Waals surface area contributed by atoms with Crippen LogP contribution in [0.25, 0.3) is 0 Å². The highest BCUT2D eigenvalue weighted by atomic mass is 32.2. The molecule has 0 amide bonds. The maximum atomic E-state index is 10.0. The number of hydrogen-bond acceptors (Lipinski definition) is 2. The Labute approximate surface area is 145 Å². The number of aliphatic hydroxyl groups is 1. The molecule has 1 N–H and O–H groups in total. The van der Waals surface area contributed by atoms with E-state index < -0.39 is 0 Å². The summed E-state index contributed by atoms with van der Waals surface area (Å²) in [6.07, 6.45) is 2.77. The van der Waals surface area contributed by atoms with Crippen LogP contribution in [-0.4, -0.2) is 22.7 Å². The van der Waals surface area contributed by atoms with Crippen LogP contribution < -0.4 is 0 Å². The van der Waals surface area contributed by atoms with Gasteiger partial charge in [0.1, 0.15) is 0 Å². The van der Waals surface area contributed by atoms with Crippen molar-refractivity contribution in [2.45, 2.75) is 51.7 Å². The molecule has 1 aliphatic heterocycles. The van der Waals surface area contributed by atoms with Crippen molar-refractivity contribution in [2.24, 2.45) is 28.6 Å². The van der Waals surface area contributed by atoms with E-state index in [9.17, 15) is 5.11 Å². The second kappa shape index (κ2) is 5.26. The zero-order valence-electron chi connectivity index (χ0n) is 14.9. The van der Waals surface area contributed by atoms with Crippen molar-refractivity contribution in [3.8, 4) is 0 Å². The molecule has 23 heavy (non-hydrogen) atoms. The number of rotatable bonds is 2. The lowest BCUT2D eigenvalue weighted by Gasteiger charge is -2.47. The number of aliphatic hydroxyl groups excluding tert-OH is 1. The van der Waals surface area contributed by atoms with E-state index in [-0.39, 0.29) is 0 Å². The van der Waals surface area contributed by atoms with Crippen LogP contribution in [0.5, 0.6) is 0 Å². The van der Waals surface area contributed by atoms with Crippen LogP contribution in [0.3, 0.4) is 0 Å². The van der Waals surface area contributed by atoms with Gasteiger partial charge < -0.3 is 5.11 Å². The normalized spacial score (nSPS) is 44.3. The Bertz CT molecular complexity index is 592. The number of aryl methyl sites for hydroxylation is 1. The predicted molar refractivity (Wildman–Crippen MR) is 98.8 cm³/mol. The summed E-state index contributed by atoms with van der Waals surface area (Å²) in [5.41, 5.74) is 3.70. The third kappa shape index (κ3) is 2.03. The van der Waals surface area contributed by atoms with E-state index in [0.29, 0.717) is 29.3 Å². The number of benzene rings is 1. The first kappa shape index (κ1) is 16.0. The van der Waals surface area contributed by atoms with Gasteiger partial charge >= 0.3 is 0 Å². The Morgan fingerprint density at radius 2 is 1.87 bits per heavy atom. The lowest BCUT2D eigenvalue weighted by Crippen LogP contribution is -2.43. The fourth-order valence-electron chi connectivity index (χ4n) is 6.21. The van der Waals surface area contributed by atoms with Crippen LogP contribution in [0, 0.1) is 35.5 Å². The fraction of sp³-hybridized carbons (Fsp3) is 0.714. The number of thioether (sulfide) groups is 1. The maximum absolute atomic E-state index is 10.0. The van der Waals surface area contributed by atoms with Crippen molar-refractivity contribution >= 4 is 11.8 Å². The second-order valence-electron chi connectivity index (χ2n) is 8.99. The average molecular weight is 331 g/mol. The first-order chi connectivity index (χ1) is 10.9. The molecule has 0 radical (unpaired) electrons. The molecule has 1 nitrogen and oxygen atoms in total. The minimum atomic E-state index is 0.332. The topological polar surface area (TPSA) is 20.2 Å². The fourth-order valence-corrected chi connectivity index (χ4v) is 8.35. The quantitative estimate of drug-likeness (QED) is 0.834. The van der Waals surface area contributed by atoms with Gasteiger partial charge in [-0.3, -0.25) is 0 Å². The zero-order valence-corrected chi connectivity index (χ0v) is 15.7. The van der Waals surface area contributed by atoms with E-state index in [1.165, 1.54) is 24.0 Å². The van der Waals surface area contributed by atoms with Gasteiger partial charge in [0.05, 0.1) is 0 Å². The van der Waals surface area contributed by atoms with Gasteiger partial charge in [-0.15, -0.1) is 0 Å². The van der Waals surface area contributed by atoms with Crippen molar-refractivity contribution in [1.29, 1.82) is 0 Å². The molecule has 4 rings (SSSR count). The van der Waals surface area contributed by atoms with Crippen molar-refractivity contribution in [3.63, 3.8) is 0 Å². The SMILES string of the molecule is Cc1ccc([C@H]2C3C(SC[C@@H]2CO)[C@]2(C)CC[C@H]3C2(C)C)cc1.